The lowest BCUT2D eigenvalue weighted by Crippen LogP contribution is -3.10. The Labute approximate surface area is 163 Å². The van der Waals surface area contributed by atoms with Crippen LogP contribution in [0.3, 0.4) is 0 Å². The molecular weight excluding hydrogens is 356 g/mol. The molecule has 0 spiro atoms. The van der Waals surface area contributed by atoms with Crippen molar-refractivity contribution in [3.63, 3.8) is 0 Å². The van der Waals surface area contributed by atoms with E-state index in [4.69, 9.17) is 4.42 Å². The molecule has 3 aromatic rings. The number of amides is 1. The third-order valence-corrected chi connectivity index (χ3v) is 6.62. The number of hydrogen-bond donors (Lipinski definition) is 2. The Kier molecular flexibility index (Phi) is 5.14. The van der Waals surface area contributed by atoms with Gasteiger partial charge in [-0.3, -0.25) is 4.79 Å². The van der Waals surface area contributed by atoms with E-state index in [-0.39, 0.29) is 11.9 Å². The third kappa shape index (κ3) is 3.57. The van der Waals surface area contributed by atoms with Crippen molar-refractivity contribution in [3.8, 4) is 0 Å². The largest absolute Gasteiger partial charge is 0.459 e. The molecule has 1 aromatic carbocycles. The predicted octanol–water partition coefficient (Wildman–Crippen LogP) is 3.98. The van der Waals surface area contributed by atoms with E-state index in [1.807, 2.05) is 0 Å². The second-order valence-electron chi connectivity index (χ2n) is 7.17. The van der Waals surface area contributed by atoms with Crippen LogP contribution in [0.15, 0.2) is 53.1 Å². The maximum absolute atomic E-state index is 12.6. The van der Waals surface area contributed by atoms with Gasteiger partial charge in [0.25, 0.3) is 5.91 Å². The van der Waals surface area contributed by atoms with Crippen LogP contribution in [0.2, 0.25) is 0 Å². The monoisotopic (exact) mass is 381 g/mol. The van der Waals surface area contributed by atoms with E-state index in [1.54, 1.807) is 28.4 Å². The highest BCUT2D eigenvalue weighted by atomic mass is 32.1. The summed E-state index contributed by atoms with van der Waals surface area (Å²) in [6.07, 6.45) is 4.05. The summed E-state index contributed by atoms with van der Waals surface area (Å²) in [5.74, 6) is 0.153. The quantitative estimate of drug-likeness (QED) is 0.702. The molecule has 0 bridgehead atoms. The van der Waals surface area contributed by atoms with Gasteiger partial charge in [-0.05, 0) is 31.5 Å². The highest BCUT2D eigenvalue weighted by molar-refractivity contribution is 7.16. The van der Waals surface area contributed by atoms with E-state index in [9.17, 15) is 4.79 Å². The fourth-order valence-electron chi connectivity index (χ4n) is 4.03. The normalized spacial score (nSPS) is 15.8. The number of benzene rings is 1. The number of carbonyl (C=O) groups is 1. The molecule has 5 heteroatoms. The van der Waals surface area contributed by atoms with Gasteiger partial charge in [0, 0.05) is 23.3 Å². The first-order valence-electron chi connectivity index (χ1n) is 9.49. The van der Waals surface area contributed by atoms with Gasteiger partial charge in [0.05, 0.1) is 24.9 Å². The minimum atomic E-state index is -0.189. The van der Waals surface area contributed by atoms with E-state index in [0.29, 0.717) is 5.76 Å². The number of aryl methyl sites for hydroxylation is 1. The number of thiophene rings is 1. The zero-order valence-corrected chi connectivity index (χ0v) is 16.6. The molecule has 0 unspecified atom stereocenters. The summed E-state index contributed by atoms with van der Waals surface area (Å²) in [5.41, 5.74) is 3.84. The van der Waals surface area contributed by atoms with E-state index >= 15 is 0 Å². The first kappa shape index (κ1) is 18.0. The molecule has 1 aliphatic rings. The smallest absolute Gasteiger partial charge is 0.291 e. The number of nitrogens with one attached hydrogen (secondary N) is 2. The topological polar surface area (TPSA) is 46.7 Å². The maximum Gasteiger partial charge on any atom is 0.291 e. The summed E-state index contributed by atoms with van der Waals surface area (Å²) in [4.78, 5) is 15.5. The fourth-order valence-corrected chi connectivity index (χ4v) is 5.12. The average Bonchev–Trinajstić information content (AvgIpc) is 3.42. The van der Waals surface area contributed by atoms with Gasteiger partial charge in [0.1, 0.15) is 11.0 Å². The minimum Gasteiger partial charge on any atom is -0.459 e. The number of likely N-dealkylation sites (tertiary alicyclic amines) is 1. The second kappa shape index (κ2) is 7.71. The van der Waals surface area contributed by atoms with Crippen molar-refractivity contribution in [2.45, 2.75) is 32.7 Å². The van der Waals surface area contributed by atoms with Crippen molar-refractivity contribution in [2.75, 3.05) is 18.4 Å². The fraction of sp³-hybridized carbons (Fsp3) is 0.318. The molecule has 1 atom stereocenters. The molecular formula is C22H25N2O2S+. The molecule has 4 rings (SSSR count). The lowest BCUT2D eigenvalue weighted by Gasteiger charge is -2.26. The minimum absolute atomic E-state index is 0.189. The molecule has 3 heterocycles. The van der Waals surface area contributed by atoms with E-state index < -0.39 is 0 Å². The Morgan fingerprint density at radius 3 is 2.52 bits per heavy atom. The second-order valence-corrected chi connectivity index (χ2v) is 8.39. The van der Waals surface area contributed by atoms with Gasteiger partial charge in [-0.1, -0.05) is 30.3 Å². The van der Waals surface area contributed by atoms with Gasteiger partial charge >= 0.3 is 0 Å². The third-order valence-electron chi connectivity index (χ3n) is 5.48. The molecule has 0 radical (unpaired) electrons. The van der Waals surface area contributed by atoms with Crippen molar-refractivity contribution in [2.24, 2.45) is 0 Å². The number of furan rings is 1. The molecule has 140 valence electrons. The highest BCUT2D eigenvalue weighted by Gasteiger charge is 2.34. The summed E-state index contributed by atoms with van der Waals surface area (Å²) < 4.78 is 5.28. The molecule has 1 fully saturated rings. The highest BCUT2D eigenvalue weighted by Crippen LogP contribution is 2.38. The summed E-state index contributed by atoms with van der Waals surface area (Å²) in [5, 5.41) is 4.06. The van der Waals surface area contributed by atoms with Crippen LogP contribution in [0.25, 0.3) is 0 Å². The number of hydrogen-bond acceptors (Lipinski definition) is 3. The van der Waals surface area contributed by atoms with Gasteiger partial charge in [-0.25, -0.2) is 0 Å². The number of rotatable bonds is 5. The molecule has 1 aliphatic heterocycles. The summed E-state index contributed by atoms with van der Waals surface area (Å²) >= 11 is 1.66. The molecule has 1 saturated heterocycles. The van der Waals surface area contributed by atoms with Crippen molar-refractivity contribution in [3.05, 3.63) is 76.1 Å². The van der Waals surface area contributed by atoms with Crippen LogP contribution in [0.5, 0.6) is 0 Å². The van der Waals surface area contributed by atoms with Crippen LogP contribution in [-0.2, 0) is 0 Å². The molecule has 0 aliphatic carbocycles. The number of carbonyl (C=O) groups excluding carboxylic acids is 1. The molecule has 0 saturated carbocycles. The van der Waals surface area contributed by atoms with Crippen molar-refractivity contribution in [1.29, 1.82) is 0 Å². The molecule has 4 nitrogen and oxygen atoms in total. The lowest BCUT2D eigenvalue weighted by molar-refractivity contribution is -0.913. The first-order chi connectivity index (χ1) is 13.1. The van der Waals surface area contributed by atoms with Crippen molar-refractivity contribution in [1.82, 2.24) is 0 Å². The Bertz CT molecular complexity index is 909. The predicted molar refractivity (Wildman–Crippen MR) is 109 cm³/mol. The van der Waals surface area contributed by atoms with Crippen LogP contribution < -0.4 is 10.2 Å². The van der Waals surface area contributed by atoms with Crippen molar-refractivity contribution < 1.29 is 14.1 Å². The van der Waals surface area contributed by atoms with Gasteiger partial charge in [-0.15, -0.1) is 11.3 Å². The van der Waals surface area contributed by atoms with Crippen LogP contribution in [0.1, 0.15) is 51.0 Å². The molecule has 2 N–H and O–H groups in total. The summed E-state index contributed by atoms with van der Waals surface area (Å²) in [7, 11) is 0. The van der Waals surface area contributed by atoms with Crippen LogP contribution in [0, 0.1) is 13.8 Å². The van der Waals surface area contributed by atoms with Gasteiger partial charge < -0.3 is 14.6 Å². The van der Waals surface area contributed by atoms with E-state index in [2.05, 4.69) is 49.5 Å². The van der Waals surface area contributed by atoms with Crippen LogP contribution >= 0.6 is 11.3 Å². The maximum atomic E-state index is 12.6. The number of anilines is 1. The standard InChI is InChI=1S/C22H24N2O2S/c1-15-16(2)27-22(23-21(25)18-11-8-14-26-18)19(15)20(24-12-6-7-13-24)17-9-4-3-5-10-17/h3-5,8-11,14,20H,6-7,12-13H2,1-2H3,(H,23,25)/p+1/t20-/m1/s1. The Morgan fingerprint density at radius 2 is 1.85 bits per heavy atom. The van der Waals surface area contributed by atoms with E-state index in [0.717, 1.165) is 5.00 Å². The lowest BCUT2D eigenvalue weighted by atomic mass is 9.95. The Balaban J connectivity index is 1.76. The van der Waals surface area contributed by atoms with Crippen LogP contribution in [0.4, 0.5) is 5.00 Å². The first-order valence-corrected chi connectivity index (χ1v) is 10.3. The SMILES string of the molecule is Cc1sc(NC(=O)c2ccco2)c([C@@H](c2ccccc2)[NH+]2CCCC2)c1C. The Hall–Kier alpha value is -2.37. The summed E-state index contributed by atoms with van der Waals surface area (Å²) in [6, 6.07) is 14.4. The molecule has 1 amide bonds. The Morgan fingerprint density at radius 1 is 1.11 bits per heavy atom. The zero-order chi connectivity index (χ0) is 18.8. The van der Waals surface area contributed by atoms with Crippen molar-refractivity contribution >= 4 is 22.2 Å². The van der Waals surface area contributed by atoms with Crippen LogP contribution in [-0.4, -0.2) is 19.0 Å². The zero-order valence-electron chi connectivity index (χ0n) is 15.7. The van der Waals surface area contributed by atoms with Gasteiger partial charge in [-0.2, -0.15) is 0 Å². The average molecular weight is 382 g/mol. The number of quaternary nitrogens is 1. The summed E-state index contributed by atoms with van der Waals surface area (Å²) in [6.45, 7) is 6.64. The molecule has 27 heavy (non-hydrogen) atoms. The van der Waals surface area contributed by atoms with E-state index in [1.165, 1.54) is 53.8 Å². The van der Waals surface area contributed by atoms with Gasteiger partial charge in [0.15, 0.2) is 5.76 Å². The van der Waals surface area contributed by atoms with Gasteiger partial charge in [0.2, 0.25) is 0 Å². The molecule has 2 aromatic heterocycles.